The van der Waals surface area contributed by atoms with E-state index in [0.717, 1.165) is 14.7 Å². The Labute approximate surface area is 86.3 Å². The third-order valence-corrected chi connectivity index (χ3v) is 3.06. The van der Waals surface area contributed by atoms with Gasteiger partial charge in [0.15, 0.2) is 5.78 Å². The summed E-state index contributed by atoms with van der Waals surface area (Å²) in [7, 11) is 0. The van der Waals surface area contributed by atoms with Crippen LogP contribution in [0.3, 0.4) is 0 Å². The molecule has 0 aromatic heterocycles. The first-order chi connectivity index (χ1) is 5.66. The molecule has 0 heterocycles. The number of hydrogen-bond acceptors (Lipinski definition) is 1. The normalized spacial score (nSPS) is 9.92. The maximum atomic E-state index is 11.4. The zero-order valence-electron chi connectivity index (χ0n) is 7.23. The molecular weight excluding hydrogens is 263 g/mol. The summed E-state index contributed by atoms with van der Waals surface area (Å²) in [6.45, 7) is 3.88. The SMILES string of the molecule is CCC(=O)c1cccc(I)c1C. The number of ketones is 1. The fourth-order valence-electron chi connectivity index (χ4n) is 1.10. The minimum atomic E-state index is 0.228. The van der Waals surface area contributed by atoms with Crippen LogP contribution < -0.4 is 0 Å². The highest BCUT2D eigenvalue weighted by Crippen LogP contribution is 2.16. The van der Waals surface area contributed by atoms with Crippen molar-refractivity contribution in [3.05, 3.63) is 32.9 Å². The Kier molecular flexibility index (Phi) is 3.26. The van der Waals surface area contributed by atoms with Crippen molar-refractivity contribution < 1.29 is 4.79 Å². The Morgan fingerprint density at radius 3 is 2.75 bits per heavy atom. The van der Waals surface area contributed by atoms with E-state index in [1.165, 1.54) is 0 Å². The van der Waals surface area contributed by atoms with Crippen LogP contribution in [0.5, 0.6) is 0 Å². The molecule has 0 saturated heterocycles. The van der Waals surface area contributed by atoms with Gasteiger partial charge in [-0.25, -0.2) is 0 Å². The van der Waals surface area contributed by atoms with Crippen molar-refractivity contribution in [1.82, 2.24) is 0 Å². The van der Waals surface area contributed by atoms with Gasteiger partial charge in [-0.2, -0.15) is 0 Å². The van der Waals surface area contributed by atoms with Crippen LogP contribution in [0.2, 0.25) is 0 Å². The molecule has 0 spiro atoms. The Hall–Kier alpha value is -0.380. The van der Waals surface area contributed by atoms with Crippen molar-refractivity contribution >= 4 is 28.4 Å². The molecule has 0 atom stereocenters. The van der Waals surface area contributed by atoms with Crippen LogP contribution in [-0.4, -0.2) is 5.78 Å². The van der Waals surface area contributed by atoms with Gasteiger partial charge in [0, 0.05) is 15.6 Å². The van der Waals surface area contributed by atoms with Crippen molar-refractivity contribution in [1.29, 1.82) is 0 Å². The monoisotopic (exact) mass is 274 g/mol. The van der Waals surface area contributed by atoms with Crippen LogP contribution in [0.15, 0.2) is 18.2 Å². The first kappa shape index (κ1) is 9.71. The minimum absolute atomic E-state index is 0.228. The van der Waals surface area contributed by atoms with Crippen molar-refractivity contribution in [3.8, 4) is 0 Å². The lowest BCUT2D eigenvalue weighted by atomic mass is 10.0. The predicted octanol–water partition coefficient (Wildman–Crippen LogP) is 3.19. The Balaban J connectivity index is 3.16. The van der Waals surface area contributed by atoms with E-state index in [0.29, 0.717) is 6.42 Å². The third-order valence-electron chi connectivity index (χ3n) is 1.89. The molecule has 0 aliphatic carbocycles. The first-order valence-corrected chi connectivity index (χ1v) is 5.03. The molecule has 12 heavy (non-hydrogen) atoms. The molecule has 2 heteroatoms. The van der Waals surface area contributed by atoms with Crippen LogP contribution in [0.4, 0.5) is 0 Å². The number of rotatable bonds is 2. The number of Topliss-reactive ketones (excluding diaryl/α,β-unsaturated/α-hetero) is 1. The summed E-state index contributed by atoms with van der Waals surface area (Å²) in [6, 6.07) is 5.84. The molecule has 1 nitrogen and oxygen atoms in total. The fourth-order valence-corrected chi connectivity index (χ4v) is 1.60. The number of carbonyl (C=O) groups is 1. The largest absolute Gasteiger partial charge is 0.294 e. The lowest BCUT2D eigenvalue weighted by Gasteiger charge is -2.04. The van der Waals surface area contributed by atoms with Gasteiger partial charge in [-0.1, -0.05) is 19.1 Å². The molecule has 0 aliphatic rings. The van der Waals surface area contributed by atoms with E-state index in [9.17, 15) is 4.79 Å². The number of hydrogen-bond donors (Lipinski definition) is 0. The smallest absolute Gasteiger partial charge is 0.162 e. The number of halogens is 1. The van der Waals surface area contributed by atoms with E-state index in [2.05, 4.69) is 22.6 Å². The van der Waals surface area contributed by atoms with Gasteiger partial charge in [-0.3, -0.25) is 4.79 Å². The summed E-state index contributed by atoms with van der Waals surface area (Å²) in [5.74, 6) is 0.228. The van der Waals surface area contributed by atoms with Crippen LogP contribution in [-0.2, 0) is 0 Å². The summed E-state index contributed by atoms with van der Waals surface area (Å²) >= 11 is 2.25. The molecule has 1 rings (SSSR count). The van der Waals surface area contributed by atoms with E-state index in [-0.39, 0.29) is 5.78 Å². The number of carbonyl (C=O) groups excluding carboxylic acids is 1. The van der Waals surface area contributed by atoms with Gasteiger partial charge in [0.2, 0.25) is 0 Å². The van der Waals surface area contributed by atoms with Crippen molar-refractivity contribution in [3.63, 3.8) is 0 Å². The van der Waals surface area contributed by atoms with Gasteiger partial charge in [-0.15, -0.1) is 0 Å². The zero-order chi connectivity index (χ0) is 9.14. The molecule has 0 saturated carbocycles. The number of benzene rings is 1. The van der Waals surface area contributed by atoms with Gasteiger partial charge < -0.3 is 0 Å². The molecule has 0 bridgehead atoms. The average Bonchev–Trinajstić information content (AvgIpc) is 2.08. The van der Waals surface area contributed by atoms with Gasteiger partial charge in [0.05, 0.1) is 0 Å². The van der Waals surface area contributed by atoms with Crippen LogP contribution in [0, 0.1) is 10.5 Å². The van der Waals surface area contributed by atoms with Gasteiger partial charge in [0.1, 0.15) is 0 Å². The fraction of sp³-hybridized carbons (Fsp3) is 0.300. The van der Waals surface area contributed by atoms with E-state index in [1.807, 2.05) is 32.0 Å². The third kappa shape index (κ3) is 1.86. The van der Waals surface area contributed by atoms with Gasteiger partial charge >= 0.3 is 0 Å². The van der Waals surface area contributed by atoms with Gasteiger partial charge in [-0.05, 0) is 41.1 Å². The summed E-state index contributed by atoms with van der Waals surface area (Å²) in [4.78, 5) is 11.4. The molecule has 0 unspecified atom stereocenters. The summed E-state index contributed by atoms with van der Waals surface area (Å²) < 4.78 is 1.16. The van der Waals surface area contributed by atoms with E-state index >= 15 is 0 Å². The van der Waals surface area contributed by atoms with E-state index < -0.39 is 0 Å². The summed E-state index contributed by atoms with van der Waals surface area (Å²) in [5.41, 5.74) is 1.97. The van der Waals surface area contributed by atoms with E-state index in [4.69, 9.17) is 0 Å². The lowest BCUT2D eigenvalue weighted by molar-refractivity contribution is 0.0987. The molecule has 0 amide bonds. The standard InChI is InChI=1S/C10H11IO/c1-3-10(12)8-5-4-6-9(11)7(8)2/h4-6H,3H2,1-2H3. The molecule has 0 aliphatic heterocycles. The van der Waals surface area contributed by atoms with Crippen molar-refractivity contribution in [2.45, 2.75) is 20.3 Å². The van der Waals surface area contributed by atoms with Crippen LogP contribution in [0.25, 0.3) is 0 Å². The molecule has 0 N–H and O–H groups in total. The van der Waals surface area contributed by atoms with Gasteiger partial charge in [0.25, 0.3) is 0 Å². The predicted molar refractivity (Wildman–Crippen MR) is 58.5 cm³/mol. The second kappa shape index (κ2) is 4.03. The highest BCUT2D eigenvalue weighted by atomic mass is 127. The average molecular weight is 274 g/mol. The molecule has 1 aromatic rings. The van der Waals surface area contributed by atoms with Crippen LogP contribution >= 0.6 is 22.6 Å². The molecule has 0 fully saturated rings. The van der Waals surface area contributed by atoms with E-state index in [1.54, 1.807) is 0 Å². The maximum Gasteiger partial charge on any atom is 0.162 e. The molecule has 0 radical (unpaired) electrons. The highest BCUT2D eigenvalue weighted by Gasteiger charge is 2.07. The van der Waals surface area contributed by atoms with Crippen molar-refractivity contribution in [2.24, 2.45) is 0 Å². The molecule has 64 valence electrons. The van der Waals surface area contributed by atoms with Crippen LogP contribution in [0.1, 0.15) is 29.3 Å². The Morgan fingerprint density at radius 2 is 2.17 bits per heavy atom. The Bertz CT molecular complexity index is 305. The zero-order valence-corrected chi connectivity index (χ0v) is 9.38. The van der Waals surface area contributed by atoms with Crippen molar-refractivity contribution in [2.75, 3.05) is 0 Å². The maximum absolute atomic E-state index is 11.4. The summed E-state index contributed by atoms with van der Waals surface area (Å²) in [5, 5.41) is 0. The quantitative estimate of drug-likeness (QED) is 0.598. The topological polar surface area (TPSA) is 17.1 Å². The lowest BCUT2D eigenvalue weighted by Crippen LogP contribution is -2.00. The summed E-state index contributed by atoms with van der Waals surface area (Å²) in [6.07, 6.45) is 0.584. The second-order valence-electron chi connectivity index (χ2n) is 2.69. The first-order valence-electron chi connectivity index (χ1n) is 3.95. The molecular formula is C10H11IO. The molecule has 1 aromatic carbocycles. The Morgan fingerprint density at radius 1 is 1.50 bits per heavy atom. The highest BCUT2D eigenvalue weighted by molar-refractivity contribution is 14.1. The minimum Gasteiger partial charge on any atom is -0.294 e. The second-order valence-corrected chi connectivity index (χ2v) is 3.85.